The first-order chi connectivity index (χ1) is 67.0. The monoisotopic (exact) mass is 2070 g/mol. The van der Waals surface area contributed by atoms with E-state index in [1.165, 1.54) is 0 Å². The van der Waals surface area contributed by atoms with Crippen LogP contribution in [0.1, 0.15) is 177 Å². The van der Waals surface area contributed by atoms with E-state index in [0.717, 1.165) is 38.5 Å². The van der Waals surface area contributed by atoms with E-state index in [-0.39, 0.29) is 117 Å². The van der Waals surface area contributed by atoms with Crippen LogP contribution < -0.4 is 126 Å². The van der Waals surface area contributed by atoms with Crippen LogP contribution in [0, 0.1) is 32.5 Å². The highest BCUT2D eigenvalue weighted by Crippen LogP contribution is 2.32. The third kappa shape index (κ3) is 94.2. The molecule has 44 heteroatoms. The molecule has 0 aromatic heterocycles. The first-order valence-corrected chi connectivity index (χ1v) is 52.0. The third-order valence-electron chi connectivity index (χ3n) is 21.1. The van der Waals surface area contributed by atoms with Crippen LogP contribution >= 0.6 is 0 Å². The van der Waals surface area contributed by atoms with Crippen LogP contribution in [0.4, 0.5) is 0 Å². The lowest BCUT2D eigenvalue weighted by Gasteiger charge is -2.36. The molecule has 0 radical (unpaired) electrons. The Labute approximate surface area is 861 Å². The van der Waals surface area contributed by atoms with E-state index in [1.54, 1.807) is 0 Å². The van der Waals surface area contributed by atoms with Gasteiger partial charge in [-0.1, -0.05) is 41.5 Å². The lowest BCUT2D eigenvalue weighted by atomic mass is 9.86. The number of rotatable bonds is 94. The van der Waals surface area contributed by atoms with Crippen LogP contribution in [-0.4, -0.2) is 426 Å². The van der Waals surface area contributed by atoms with Gasteiger partial charge in [0, 0.05) is 156 Å². The van der Waals surface area contributed by atoms with Crippen molar-refractivity contribution in [3.63, 3.8) is 0 Å². The first kappa shape index (κ1) is 151. The Kier molecular flexibility index (Phi) is 102. The molecule has 0 saturated heterocycles. The molecule has 0 spiro atoms. The predicted molar refractivity (Wildman–Crippen MR) is 574 cm³/mol. The van der Waals surface area contributed by atoms with Crippen LogP contribution in [0.3, 0.4) is 0 Å². The summed E-state index contributed by atoms with van der Waals surface area (Å²) in [5.74, 6) is 0. The van der Waals surface area contributed by atoms with E-state index < -0.39 is 11.1 Å². The van der Waals surface area contributed by atoms with Gasteiger partial charge in [-0.25, -0.2) is 0 Å². The fraction of sp³-hybridized carbons (Fsp3) is 1.00. The van der Waals surface area contributed by atoms with Crippen LogP contribution in [0.15, 0.2) is 0 Å². The van der Waals surface area contributed by atoms with Crippen molar-refractivity contribution in [3.05, 3.63) is 0 Å². The molecule has 14 unspecified atom stereocenters. The largest absolute Gasteiger partial charge is 0.380 e. The Morgan fingerprint density at radius 2 is 0.225 bits per heavy atom. The maximum absolute atomic E-state index is 6.33. The van der Waals surface area contributed by atoms with Gasteiger partial charge in [-0.15, -0.1) is 0 Å². The fourth-order valence-electron chi connectivity index (χ4n) is 12.4. The van der Waals surface area contributed by atoms with Crippen molar-refractivity contribution in [1.29, 1.82) is 0 Å². The molecule has 864 valence electrons. The second kappa shape index (κ2) is 96.3. The highest BCUT2D eigenvalue weighted by Gasteiger charge is 2.39. The number of hydrogen-bond donors (Lipinski definition) is 22. The molecule has 0 aliphatic carbocycles. The summed E-state index contributed by atoms with van der Waals surface area (Å²) >= 11 is 0. The fourth-order valence-corrected chi connectivity index (χ4v) is 12.4. The van der Waals surface area contributed by atoms with E-state index in [0.29, 0.717) is 330 Å². The minimum absolute atomic E-state index is 0.0227. The summed E-state index contributed by atoms with van der Waals surface area (Å²) in [7, 11) is 0. The van der Waals surface area contributed by atoms with Crippen molar-refractivity contribution >= 4 is 0 Å². The molecule has 44 N–H and O–H groups in total. The van der Waals surface area contributed by atoms with E-state index >= 15 is 0 Å². The van der Waals surface area contributed by atoms with E-state index in [4.69, 9.17) is 230 Å². The molecule has 0 heterocycles. The first-order valence-electron chi connectivity index (χ1n) is 52.0. The quantitative estimate of drug-likeness (QED) is 0.0314. The van der Waals surface area contributed by atoms with Gasteiger partial charge in [-0.3, -0.25) is 0 Å². The maximum Gasteiger partial charge on any atom is 0.0865 e. The summed E-state index contributed by atoms with van der Waals surface area (Å²) in [6.07, 6.45) is 5.16. The van der Waals surface area contributed by atoms with Crippen molar-refractivity contribution in [2.75, 3.05) is 330 Å². The molecule has 0 bridgehead atoms. The Bertz CT molecular complexity index is 2270. The standard InChI is InChI=1S/2C24H54N4O5.C15H35N3O3.C13H32N4O3.C12H29N3O3.C10H26N4O3/c2*1-7-23(13-29-9-19(3)25,14-30-10-20(4)26)17-33-18-24(8-2,15-31-11-21(5)27)16-32-12-22(6)28;1-5-15(9-19-6-12(2)16,10-20-7-13(3)17)11-21-8-14(4)18;1-10(14)4-18-7-13(17,8-19-5-11(2)15)9-20-6-12(3)16;1-2-12(9-16-6-3-13,10-17-7-4-14)11-18-8-5-15;11-1-4-15-7-10(14,8-16-5-2-12)9-17-6-3-13/h2*19-22H,7-18,25-28H2,1-6H3;12-14H,5-11,16-18H2,1-4H3;10-12H,4-9,14-17H2,1-3H3;2-11,13-15H2,1H3;1-9,11-14H2. The van der Waals surface area contributed by atoms with Crippen LogP contribution in [0.25, 0.3) is 0 Å². The van der Waals surface area contributed by atoms with Gasteiger partial charge in [0.25, 0.3) is 0 Å². The zero-order valence-corrected chi connectivity index (χ0v) is 93.4. The van der Waals surface area contributed by atoms with Gasteiger partial charge < -0.3 is 230 Å². The molecule has 0 aromatic carbocycles. The molecule has 0 saturated carbocycles. The van der Waals surface area contributed by atoms with Gasteiger partial charge in [-0.05, 0) is 135 Å². The molecule has 0 rings (SSSR count). The molecule has 0 aliphatic rings. The van der Waals surface area contributed by atoms with Gasteiger partial charge in [0.1, 0.15) is 0 Å². The molecule has 0 fully saturated rings. The molecule has 142 heavy (non-hydrogen) atoms. The SMILES string of the molecule is CC(N)COCC(N)(COCC(C)N)COCC(C)N.CCC(COCC(C)N)(COCC(C)N)COCC(C)N.CCC(COCC(C)N)(COCC(C)N)COCC(CC)(COCC(C)N)COCC(C)N.CCC(COCC(C)N)(COCC(C)N)COCC(CC)(COCC(C)N)COCC(C)N.CCC(COCCN)(COCCN)COCCN.NCCOCC(N)(COCCN)COCCN. The van der Waals surface area contributed by atoms with Crippen LogP contribution in [-0.2, 0) is 104 Å². The average Bonchev–Trinajstić information content (AvgIpc) is 0.846. The number of ether oxygens (including phenoxy) is 22. The minimum atomic E-state index is -0.724. The molecule has 44 nitrogen and oxygen atoms in total. The normalized spacial score (nSPS) is 17.5. The predicted octanol–water partition coefficient (Wildman–Crippen LogP) is -1.33. The molecular formula is C98H230N22O22. The topological polar surface area (TPSA) is 776 Å². The molecule has 0 aromatic rings. The summed E-state index contributed by atoms with van der Waals surface area (Å²) < 4.78 is 126. The Balaban J connectivity index is -0.000000399. The summed E-state index contributed by atoms with van der Waals surface area (Å²) in [4.78, 5) is 0. The van der Waals surface area contributed by atoms with Gasteiger partial charge in [0.15, 0.2) is 0 Å². The highest BCUT2D eigenvalue weighted by molar-refractivity contribution is 4.89. The van der Waals surface area contributed by atoms with Crippen molar-refractivity contribution in [3.8, 4) is 0 Å². The maximum atomic E-state index is 6.33. The van der Waals surface area contributed by atoms with Crippen LogP contribution in [0.5, 0.6) is 0 Å². The van der Waals surface area contributed by atoms with Crippen molar-refractivity contribution in [2.24, 2.45) is 159 Å². The van der Waals surface area contributed by atoms with E-state index in [1.807, 2.05) is 96.9 Å². The minimum Gasteiger partial charge on any atom is -0.380 e. The summed E-state index contributed by atoms with van der Waals surface area (Å²) in [5, 5.41) is 0. The van der Waals surface area contributed by atoms with Gasteiger partial charge >= 0.3 is 0 Å². The van der Waals surface area contributed by atoms with E-state index in [2.05, 4.69) is 41.5 Å². The summed E-state index contributed by atoms with van der Waals surface area (Å²) in [6, 6.07) is -0.236. The second-order valence-electron chi connectivity index (χ2n) is 40.8. The summed E-state index contributed by atoms with van der Waals surface area (Å²) in [5.41, 5.74) is 123. The van der Waals surface area contributed by atoms with Crippen molar-refractivity contribution < 1.29 is 104 Å². The second-order valence-corrected chi connectivity index (χ2v) is 40.8. The third-order valence-corrected chi connectivity index (χ3v) is 21.1. The molecule has 14 atom stereocenters. The lowest BCUT2D eigenvalue weighted by Crippen LogP contribution is -2.54. The summed E-state index contributed by atoms with van der Waals surface area (Å²) in [6.45, 7) is 63.7. The number of hydrogen-bond acceptors (Lipinski definition) is 44. The smallest absolute Gasteiger partial charge is 0.0865 e. The van der Waals surface area contributed by atoms with Crippen LogP contribution in [0.2, 0.25) is 0 Å². The molecule has 0 amide bonds. The zero-order valence-electron chi connectivity index (χ0n) is 93.4. The Hall–Kier alpha value is -1.76. The van der Waals surface area contributed by atoms with Crippen molar-refractivity contribution in [1.82, 2.24) is 0 Å². The highest BCUT2D eigenvalue weighted by atomic mass is 16.6. The van der Waals surface area contributed by atoms with Gasteiger partial charge in [-0.2, -0.15) is 0 Å². The Morgan fingerprint density at radius 1 is 0.141 bits per heavy atom. The Morgan fingerprint density at radius 3 is 0.324 bits per heavy atom. The molecule has 0 aliphatic heterocycles. The van der Waals surface area contributed by atoms with Gasteiger partial charge in [0.05, 0.1) is 302 Å². The van der Waals surface area contributed by atoms with Gasteiger partial charge in [0.2, 0.25) is 0 Å². The zero-order chi connectivity index (χ0) is 109. The average molecular weight is 2070 g/mol. The van der Waals surface area contributed by atoms with Crippen molar-refractivity contribution in [2.45, 2.75) is 273 Å². The number of nitrogens with two attached hydrogens (primary N) is 22. The van der Waals surface area contributed by atoms with E-state index in [9.17, 15) is 0 Å². The molecular weight excluding hydrogens is 1840 g/mol. The lowest BCUT2D eigenvalue weighted by molar-refractivity contribution is -0.113.